The van der Waals surface area contributed by atoms with E-state index in [0.717, 1.165) is 73.8 Å². The van der Waals surface area contributed by atoms with Crippen molar-refractivity contribution in [2.75, 3.05) is 34.3 Å². The summed E-state index contributed by atoms with van der Waals surface area (Å²) in [5, 5.41) is 6.95. The SMILES string of the molecule is CNC(=O)CCCCCC(NC(=O)C1CCCN(C)C1)c1ncc(-c2cc3ccccc3nc2OC)[nH]1. The maximum atomic E-state index is 13.2. The number of para-hydroxylation sites is 1. The lowest BCUT2D eigenvalue weighted by molar-refractivity contribution is -0.127. The predicted octanol–water partition coefficient (Wildman–Crippen LogP) is 3.83. The molecule has 3 aromatic rings. The van der Waals surface area contributed by atoms with Crippen LogP contribution in [0.15, 0.2) is 36.5 Å². The van der Waals surface area contributed by atoms with E-state index in [1.807, 2.05) is 30.3 Å². The van der Waals surface area contributed by atoms with Crippen LogP contribution in [0.3, 0.4) is 0 Å². The van der Waals surface area contributed by atoms with E-state index >= 15 is 0 Å². The number of carbonyl (C=O) groups excluding carboxylic acids is 2. The number of likely N-dealkylation sites (tertiary alicyclic amines) is 1. The molecule has 1 aliphatic rings. The molecule has 37 heavy (non-hydrogen) atoms. The highest BCUT2D eigenvalue weighted by atomic mass is 16.5. The first-order valence-electron chi connectivity index (χ1n) is 13.2. The number of imidazole rings is 1. The number of aromatic nitrogens is 3. The maximum Gasteiger partial charge on any atom is 0.224 e. The molecule has 3 heterocycles. The Hall–Kier alpha value is -3.46. The number of carbonyl (C=O) groups is 2. The number of rotatable bonds is 11. The van der Waals surface area contributed by atoms with Crippen molar-refractivity contribution in [1.82, 2.24) is 30.5 Å². The van der Waals surface area contributed by atoms with Crippen molar-refractivity contribution in [3.63, 3.8) is 0 Å². The molecule has 0 aliphatic carbocycles. The summed E-state index contributed by atoms with van der Waals surface area (Å²) in [7, 11) is 5.33. The van der Waals surface area contributed by atoms with Gasteiger partial charge in [-0.05, 0) is 51.4 Å². The minimum atomic E-state index is -0.243. The van der Waals surface area contributed by atoms with Crippen molar-refractivity contribution < 1.29 is 14.3 Å². The van der Waals surface area contributed by atoms with Gasteiger partial charge in [-0.25, -0.2) is 9.97 Å². The number of pyridine rings is 1. The fraction of sp³-hybridized carbons (Fsp3) is 0.500. The quantitative estimate of drug-likeness (QED) is 0.341. The lowest BCUT2D eigenvalue weighted by Gasteiger charge is -2.30. The average molecular weight is 507 g/mol. The molecule has 2 unspecified atom stereocenters. The summed E-state index contributed by atoms with van der Waals surface area (Å²) < 4.78 is 5.59. The number of aromatic amines is 1. The average Bonchev–Trinajstić information content (AvgIpc) is 3.41. The number of nitrogens with zero attached hydrogens (tertiary/aromatic N) is 3. The number of methoxy groups -OCH3 is 1. The number of hydrogen-bond acceptors (Lipinski definition) is 6. The molecule has 2 aromatic heterocycles. The molecule has 2 atom stereocenters. The number of fused-ring (bicyclic) bond motifs is 1. The van der Waals surface area contributed by atoms with Crippen molar-refractivity contribution >= 4 is 22.7 Å². The Labute approximate surface area is 218 Å². The molecule has 1 fully saturated rings. The third-order valence-electron chi connectivity index (χ3n) is 7.09. The van der Waals surface area contributed by atoms with E-state index < -0.39 is 0 Å². The van der Waals surface area contributed by atoms with Gasteiger partial charge < -0.3 is 25.3 Å². The van der Waals surface area contributed by atoms with E-state index in [1.165, 1.54) is 0 Å². The summed E-state index contributed by atoms with van der Waals surface area (Å²) in [4.78, 5) is 39.7. The van der Waals surface area contributed by atoms with Crippen LogP contribution in [0.2, 0.25) is 0 Å². The summed E-state index contributed by atoms with van der Waals surface area (Å²) in [5.41, 5.74) is 2.48. The number of H-pyrrole nitrogens is 1. The molecule has 9 nitrogen and oxygen atoms in total. The molecular formula is C28H38N6O3. The van der Waals surface area contributed by atoms with Gasteiger partial charge in [0, 0.05) is 25.4 Å². The molecule has 3 N–H and O–H groups in total. The Bertz CT molecular complexity index is 1210. The van der Waals surface area contributed by atoms with Crippen molar-refractivity contribution in [3.05, 3.63) is 42.4 Å². The van der Waals surface area contributed by atoms with Gasteiger partial charge in [-0.1, -0.05) is 31.0 Å². The molecule has 0 bridgehead atoms. The van der Waals surface area contributed by atoms with E-state index in [-0.39, 0.29) is 23.8 Å². The molecule has 9 heteroatoms. The van der Waals surface area contributed by atoms with E-state index in [2.05, 4.69) is 37.5 Å². The van der Waals surface area contributed by atoms with Crippen LogP contribution < -0.4 is 15.4 Å². The largest absolute Gasteiger partial charge is 0.480 e. The van der Waals surface area contributed by atoms with Crippen LogP contribution >= 0.6 is 0 Å². The second-order valence-corrected chi connectivity index (χ2v) is 9.86. The summed E-state index contributed by atoms with van der Waals surface area (Å²) >= 11 is 0. The van der Waals surface area contributed by atoms with Gasteiger partial charge in [0.2, 0.25) is 17.7 Å². The van der Waals surface area contributed by atoms with Crippen LogP contribution in [-0.2, 0) is 9.59 Å². The van der Waals surface area contributed by atoms with Gasteiger partial charge in [-0.3, -0.25) is 9.59 Å². The molecule has 0 spiro atoms. The van der Waals surface area contributed by atoms with Gasteiger partial charge in [0.05, 0.1) is 42.0 Å². The number of piperidine rings is 1. The van der Waals surface area contributed by atoms with E-state index in [4.69, 9.17) is 4.74 Å². The van der Waals surface area contributed by atoms with Crippen LogP contribution in [0, 0.1) is 5.92 Å². The molecule has 2 amide bonds. The third kappa shape index (κ3) is 6.85. The van der Waals surface area contributed by atoms with Gasteiger partial charge in [0.25, 0.3) is 0 Å². The Balaban J connectivity index is 1.52. The van der Waals surface area contributed by atoms with E-state index in [9.17, 15) is 9.59 Å². The topological polar surface area (TPSA) is 112 Å². The number of unbranched alkanes of at least 4 members (excludes halogenated alkanes) is 2. The van der Waals surface area contributed by atoms with Crippen molar-refractivity contribution in [3.8, 4) is 17.1 Å². The normalized spacial score (nSPS) is 16.9. The molecular weight excluding hydrogens is 468 g/mol. The molecule has 1 aliphatic heterocycles. The second kappa shape index (κ2) is 12.7. The summed E-state index contributed by atoms with van der Waals surface area (Å²) in [5.74, 6) is 1.35. The number of amides is 2. The standard InChI is InChI=1S/C28H38N6O3/c1-29-25(35)14-6-4-5-13-23(32-27(36)20-11-9-15-34(2)18-20)26-30-17-24(31-26)21-16-19-10-7-8-12-22(19)33-28(21)37-3/h7-8,10,12,16-17,20,23H,4-6,9,11,13-15,18H2,1-3H3,(H,29,35)(H,30,31)(H,32,36). The Morgan fingerprint density at radius 2 is 2.08 bits per heavy atom. The van der Waals surface area contributed by atoms with Gasteiger partial charge in [-0.15, -0.1) is 0 Å². The van der Waals surface area contributed by atoms with Crippen molar-refractivity contribution in [2.45, 2.75) is 51.0 Å². The highest BCUT2D eigenvalue weighted by Crippen LogP contribution is 2.32. The van der Waals surface area contributed by atoms with Gasteiger partial charge in [0.1, 0.15) is 5.82 Å². The molecule has 1 aromatic carbocycles. The van der Waals surface area contributed by atoms with Crippen LogP contribution in [0.4, 0.5) is 0 Å². The predicted molar refractivity (Wildman–Crippen MR) is 144 cm³/mol. The first kappa shape index (κ1) is 26.6. The van der Waals surface area contributed by atoms with Gasteiger partial charge in [-0.2, -0.15) is 0 Å². The lowest BCUT2D eigenvalue weighted by atomic mass is 9.96. The summed E-state index contributed by atoms with van der Waals surface area (Å²) in [6.45, 7) is 1.80. The molecule has 0 saturated carbocycles. The minimum absolute atomic E-state index is 0.0197. The fourth-order valence-electron chi connectivity index (χ4n) is 4.98. The second-order valence-electron chi connectivity index (χ2n) is 9.86. The van der Waals surface area contributed by atoms with Gasteiger partial charge >= 0.3 is 0 Å². The Morgan fingerprint density at radius 3 is 2.86 bits per heavy atom. The molecule has 198 valence electrons. The first-order valence-corrected chi connectivity index (χ1v) is 13.2. The van der Waals surface area contributed by atoms with Crippen molar-refractivity contribution in [2.24, 2.45) is 5.92 Å². The van der Waals surface area contributed by atoms with Gasteiger partial charge in [0.15, 0.2) is 0 Å². The zero-order valence-corrected chi connectivity index (χ0v) is 22.0. The monoisotopic (exact) mass is 506 g/mol. The van der Waals surface area contributed by atoms with Crippen LogP contribution in [0.25, 0.3) is 22.2 Å². The fourth-order valence-corrected chi connectivity index (χ4v) is 4.98. The number of nitrogens with one attached hydrogen (secondary N) is 3. The highest BCUT2D eigenvalue weighted by molar-refractivity contribution is 5.85. The summed E-state index contributed by atoms with van der Waals surface area (Å²) in [6.07, 6.45) is 7.56. The molecule has 0 radical (unpaired) electrons. The first-order chi connectivity index (χ1) is 18.0. The summed E-state index contributed by atoms with van der Waals surface area (Å²) in [6, 6.07) is 9.71. The zero-order valence-electron chi connectivity index (χ0n) is 22.0. The van der Waals surface area contributed by atoms with Crippen LogP contribution in [-0.4, -0.2) is 66.0 Å². The van der Waals surface area contributed by atoms with Crippen molar-refractivity contribution in [1.29, 1.82) is 0 Å². The number of hydrogen-bond donors (Lipinski definition) is 3. The zero-order chi connectivity index (χ0) is 26.2. The van der Waals surface area contributed by atoms with E-state index in [0.29, 0.717) is 18.1 Å². The number of benzene rings is 1. The minimum Gasteiger partial charge on any atom is -0.480 e. The molecule has 1 saturated heterocycles. The Kier molecular flexibility index (Phi) is 9.11. The van der Waals surface area contributed by atoms with E-state index in [1.54, 1.807) is 20.4 Å². The van der Waals surface area contributed by atoms with Crippen LogP contribution in [0.1, 0.15) is 56.8 Å². The Morgan fingerprint density at radius 1 is 1.24 bits per heavy atom. The number of ether oxygens (including phenoxy) is 1. The highest BCUT2D eigenvalue weighted by Gasteiger charge is 2.27. The molecule has 4 rings (SSSR count). The van der Waals surface area contributed by atoms with Crippen LogP contribution in [0.5, 0.6) is 5.88 Å². The smallest absolute Gasteiger partial charge is 0.224 e. The lowest BCUT2D eigenvalue weighted by Crippen LogP contribution is -2.42. The maximum absolute atomic E-state index is 13.2. The third-order valence-corrected chi connectivity index (χ3v) is 7.09.